The number of aliphatic hydroxyl groups excluding tert-OH is 5. The van der Waals surface area contributed by atoms with Crippen molar-refractivity contribution >= 4 is 11.9 Å². The van der Waals surface area contributed by atoms with E-state index in [1.165, 1.54) is 64.2 Å². The maximum absolute atomic E-state index is 13.0. The molecule has 67 heavy (non-hydrogen) atoms. The first-order valence-electron chi connectivity index (χ1n) is 26.7. The van der Waals surface area contributed by atoms with Crippen molar-refractivity contribution in [2.75, 3.05) is 19.8 Å². The van der Waals surface area contributed by atoms with Gasteiger partial charge in [0.2, 0.25) is 5.91 Å². The summed E-state index contributed by atoms with van der Waals surface area (Å²) >= 11 is 0. The van der Waals surface area contributed by atoms with Gasteiger partial charge in [0.25, 0.3) is 0 Å². The highest BCUT2D eigenvalue weighted by atomic mass is 16.7. The molecule has 1 heterocycles. The summed E-state index contributed by atoms with van der Waals surface area (Å²) in [4.78, 5) is 25.0. The van der Waals surface area contributed by atoms with Crippen molar-refractivity contribution in [1.29, 1.82) is 0 Å². The molecular formula is C56H97NO10. The van der Waals surface area contributed by atoms with Gasteiger partial charge in [-0.05, 0) is 109 Å². The average molecular weight is 944 g/mol. The first-order chi connectivity index (χ1) is 32.7. The molecule has 0 bridgehead atoms. The van der Waals surface area contributed by atoms with E-state index in [0.29, 0.717) is 32.3 Å². The molecule has 1 aliphatic rings. The van der Waals surface area contributed by atoms with E-state index in [1.54, 1.807) is 6.08 Å². The van der Waals surface area contributed by atoms with Crippen LogP contribution < -0.4 is 5.32 Å². The predicted molar refractivity (Wildman–Crippen MR) is 273 cm³/mol. The summed E-state index contributed by atoms with van der Waals surface area (Å²) in [6.45, 7) is 4.14. The van der Waals surface area contributed by atoms with E-state index in [4.69, 9.17) is 14.2 Å². The lowest BCUT2D eigenvalue weighted by Gasteiger charge is -2.40. The number of amides is 1. The fourth-order valence-corrected chi connectivity index (χ4v) is 7.67. The van der Waals surface area contributed by atoms with Crippen LogP contribution in [0, 0.1) is 0 Å². The Morgan fingerprint density at radius 2 is 1.03 bits per heavy atom. The van der Waals surface area contributed by atoms with Gasteiger partial charge in [-0.1, -0.05) is 157 Å². The third-order valence-corrected chi connectivity index (χ3v) is 12.0. The SMILES string of the molecule is CCCC/C=C/CC/C=C/CC/C=C/C(O)C(COC1OC(CO)C(O)C(O)C1O)NC(=O)CCCCCCCC/C=C\C=C/CCCCCOC(=O)CCCCCCC/C=C\CCCCC. The van der Waals surface area contributed by atoms with Gasteiger partial charge in [-0.15, -0.1) is 0 Å². The number of aliphatic hydroxyl groups is 5. The van der Waals surface area contributed by atoms with Crippen LogP contribution >= 0.6 is 0 Å². The molecule has 386 valence electrons. The molecular weight excluding hydrogens is 847 g/mol. The van der Waals surface area contributed by atoms with Crippen LogP contribution in [0.3, 0.4) is 0 Å². The van der Waals surface area contributed by atoms with Crippen molar-refractivity contribution in [3.8, 4) is 0 Å². The van der Waals surface area contributed by atoms with Gasteiger partial charge in [0.15, 0.2) is 6.29 Å². The van der Waals surface area contributed by atoms with Crippen LogP contribution in [0.1, 0.15) is 206 Å². The maximum Gasteiger partial charge on any atom is 0.305 e. The molecule has 0 aromatic heterocycles. The molecule has 0 saturated carbocycles. The third kappa shape index (κ3) is 35.8. The van der Waals surface area contributed by atoms with Crippen molar-refractivity contribution in [2.45, 2.75) is 249 Å². The minimum Gasteiger partial charge on any atom is -0.466 e. The lowest BCUT2D eigenvalue weighted by atomic mass is 9.99. The monoisotopic (exact) mass is 944 g/mol. The molecule has 7 unspecified atom stereocenters. The molecule has 1 fully saturated rings. The molecule has 6 N–H and O–H groups in total. The number of rotatable bonds is 44. The Labute approximate surface area is 407 Å². The zero-order valence-corrected chi connectivity index (χ0v) is 42.1. The van der Waals surface area contributed by atoms with Gasteiger partial charge in [-0.2, -0.15) is 0 Å². The van der Waals surface area contributed by atoms with E-state index in [-0.39, 0.29) is 18.5 Å². The van der Waals surface area contributed by atoms with Crippen molar-refractivity contribution < 1.29 is 49.3 Å². The van der Waals surface area contributed by atoms with Crippen LogP contribution in [0.25, 0.3) is 0 Å². The Hall–Kier alpha value is -2.90. The van der Waals surface area contributed by atoms with Gasteiger partial charge in [0.05, 0.1) is 32.0 Å². The largest absolute Gasteiger partial charge is 0.466 e. The number of nitrogens with one attached hydrogen (secondary N) is 1. The van der Waals surface area contributed by atoms with E-state index >= 15 is 0 Å². The Morgan fingerprint density at radius 3 is 1.61 bits per heavy atom. The van der Waals surface area contributed by atoms with Crippen molar-refractivity contribution in [3.63, 3.8) is 0 Å². The van der Waals surface area contributed by atoms with E-state index in [9.17, 15) is 35.1 Å². The fourth-order valence-electron chi connectivity index (χ4n) is 7.67. The molecule has 1 rings (SSSR count). The number of esters is 1. The van der Waals surface area contributed by atoms with Gasteiger partial charge in [0, 0.05) is 12.8 Å². The Bertz CT molecular complexity index is 1340. The quantitative estimate of drug-likeness (QED) is 0.0149. The number of hydrogen-bond acceptors (Lipinski definition) is 10. The molecule has 11 nitrogen and oxygen atoms in total. The molecule has 0 aromatic rings. The molecule has 1 aliphatic heterocycles. The second kappa shape index (κ2) is 45.5. The number of carbonyl (C=O) groups excluding carboxylic acids is 2. The van der Waals surface area contributed by atoms with E-state index in [2.05, 4.69) is 79.9 Å². The van der Waals surface area contributed by atoms with Crippen LogP contribution in [-0.2, 0) is 23.8 Å². The second-order valence-electron chi connectivity index (χ2n) is 18.2. The summed E-state index contributed by atoms with van der Waals surface area (Å²) in [5, 5.41) is 54.2. The number of unbranched alkanes of at least 4 members (excludes halogenated alkanes) is 21. The smallest absolute Gasteiger partial charge is 0.305 e. The maximum atomic E-state index is 13.0. The van der Waals surface area contributed by atoms with Gasteiger partial charge >= 0.3 is 5.97 Å². The Balaban J connectivity index is 2.21. The van der Waals surface area contributed by atoms with Crippen molar-refractivity contribution in [3.05, 3.63) is 72.9 Å². The Morgan fingerprint density at radius 1 is 0.552 bits per heavy atom. The second-order valence-corrected chi connectivity index (χ2v) is 18.2. The summed E-state index contributed by atoms with van der Waals surface area (Å²) in [6.07, 6.45) is 48.4. The number of hydrogen-bond donors (Lipinski definition) is 6. The fraction of sp³-hybridized carbons (Fsp3) is 0.750. The number of allylic oxidation sites excluding steroid dienone is 11. The molecule has 0 spiro atoms. The highest BCUT2D eigenvalue weighted by Crippen LogP contribution is 2.22. The summed E-state index contributed by atoms with van der Waals surface area (Å²) in [5.41, 5.74) is 0. The first-order valence-corrected chi connectivity index (χ1v) is 26.7. The molecule has 0 aliphatic carbocycles. The minimum atomic E-state index is -1.59. The molecule has 1 saturated heterocycles. The zero-order valence-electron chi connectivity index (χ0n) is 42.1. The highest BCUT2D eigenvalue weighted by molar-refractivity contribution is 5.76. The molecule has 7 atom stereocenters. The van der Waals surface area contributed by atoms with Crippen LogP contribution in [0.4, 0.5) is 0 Å². The lowest BCUT2D eigenvalue weighted by molar-refractivity contribution is -0.302. The number of ether oxygens (including phenoxy) is 3. The molecule has 11 heteroatoms. The third-order valence-electron chi connectivity index (χ3n) is 12.0. The van der Waals surface area contributed by atoms with Gasteiger partial charge in [0.1, 0.15) is 24.4 Å². The van der Waals surface area contributed by atoms with Crippen LogP contribution in [0.5, 0.6) is 0 Å². The van der Waals surface area contributed by atoms with E-state index in [1.807, 2.05) is 6.08 Å². The van der Waals surface area contributed by atoms with Crippen molar-refractivity contribution in [2.24, 2.45) is 0 Å². The van der Waals surface area contributed by atoms with Crippen LogP contribution in [0.15, 0.2) is 72.9 Å². The standard InChI is InChI=1S/C56H97NO10/c1-3-5-7-9-11-13-15-22-26-30-34-38-42-49(59)48(47-66-56-55(64)54(63)53(62)50(46-58)67-56)57-51(60)43-39-35-31-27-23-20-18-17-19-21-25-29-33-37-41-45-65-52(61)44-40-36-32-28-24-16-14-12-10-8-6-4-2/h9,11-12,14,17,19,21-22,25-26,38,42,48-50,53-56,58-59,62-64H,3-8,10,13,15-16,18,20,23-24,27-37,39-41,43-47H2,1-2H3,(H,57,60)/b11-9+,14-12-,19-17-,25-21-,26-22+,42-38+. The topological polar surface area (TPSA) is 175 Å². The summed E-state index contributed by atoms with van der Waals surface area (Å²) in [7, 11) is 0. The van der Waals surface area contributed by atoms with Gasteiger partial charge < -0.3 is 45.1 Å². The summed E-state index contributed by atoms with van der Waals surface area (Å²) < 4.78 is 16.6. The van der Waals surface area contributed by atoms with Gasteiger partial charge in [-0.3, -0.25) is 9.59 Å². The number of carbonyl (C=O) groups is 2. The zero-order chi connectivity index (χ0) is 48.8. The molecule has 0 aromatic carbocycles. The predicted octanol–water partition coefficient (Wildman–Crippen LogP) is 11.3. The first kappa shape index (κ1) is 62.1. The molecule has 1 amide bonds. The van der Waals surface area contributed by atoms with Crippen LogP contribution in [-0.4, -0.2) is 100 Å². The van der Waals surface area contributed by atoms with Crippen molar-refractivity contribution in [1.82, 2.24) is 5.32 Å². The summed E-state index contributed by atoms with van der Waals surface area (Å²) in [5.74, 6) is -0.277. The average Bonchev–Trinajstić information content (AvgIpc) is 3.32. The van der Waals surface area contributed by atoms with E-state index in [0.717, 1.165) is 103 Å². The van der Waals surface area contributed by atoms with Gasteiger partial charge in [-0.25, -0.2) is 0 Å². The highest BCUT2D eigenvalue weighted by Gasteiger charge is 2.44. The van der Waals surface area contributed by atoms with Crippen LogP contribution in [0.2, 0.25) is 0 Å². The summed E-state index contributed by atoms with van der Waals surface area (Å²) in [6, 6.07) is -0.852. The van der Waals surface area contributed by atoms with E-state index < -0.39 is 49.5 Å². The lowest BCUT2D eigenvalue weighted by Crippen LogP contribution is -2.60. The minimum absolute atomic E-state index is 0.0540. The normalized spacial score (nSPS) is 20.1. The molecule has 0 radical (unpaired) electrons. The Kier molecular flexibility index (Phi) is 42.2.